The molecule has 0 aromatic heterocycles. The maximum absolute atomic E-state index is 9.36. The van der Waals surface area contributed by atoms with Crippen LogP contribution in [0.2, 0.25) is 0 Å². The van der Waals surface area contributed by atoms with E-state index in [4.69, 9.17) is 5.73 Å². The van der Waals surface area contributed by atoms with Crippen molar-refractivity contribution in [3.8, 4) is 0 Å². The summed E-state index contributed by atoms with van der Waals surface area (Å²) in [7, 11) is 0. The van der Waals surface area contributed by atoms with E-state index in [2.05, 4.69) is 31.2 Å². The Morgan fingerprint density at radius 2 is 1.41 bits per heavy atom. The van der Waals surface area contributed by atoms with E-state index in [0.717, 1.165) is 19.3 Å². The summed E-state index contributed by atoms with van der Waals surface area (Å²) >= 11 is 0. The molecule has 126 valence electrons. The van der Waals surface area contributed by atoms with E-state index in [-0.39, 0.29) is 6.61 Å². The van der Waals surface area contributed by atoms with E-state index < -0.39 is 5.54 Å². The van der Waals surface area contributed by atoms with Crippen molar-refractivity contribution in [1.82, 2.24) is 0 Å². The maximum Gasteiger partial charge on any atom is 0.0611 e. The minimum absolute atomic E-state index is 0.0691. The van der Waals surface area contributed by atoms with Gasteiger partial charge in [-0.3, -0.25) is 0 Å². The third kappa shape index (κ3) is 7.42. The largest absolute Gasteiger partial charge is 0.394 e. The Morgan fingerprint density at radius 3 is 1.95 bits per heavy atom. The van der Waals surface area contributed by atoms with Gasteiger partial charge in [-0.15, -0.1) is 0 Å². The van der Waals surface area contributed by atoms with Crippen LogP contribution in [-0.4, -0.2) is 17.3 Å². The predicted octanol–water partition coefficient (Wildman–Crippen LogP) is 4.62. The van der Waals surface area contributed by atoms with Crippen molar-refractivity contribution in [1.29, 1.82) is 0 Å². The fraction of sp³-hybridized carbons (Fsp3) is 0.700. The van der Waals surface area contributed by atoms with Gasteiger partial charge in [0.05, 0.1) is 6.61 Å². The van der Waals surface area contributed by atoms with Gasteiger partial charge in [-0.25, -0.2) is 0 Å². The molecule has 0 aliphatic carbocycles. The molecule has 0 saturated heterocycles. The maximum atomic E-state index is 9.36. The van der Waals surface area contributed by atoms with Crippen LogP contribution in [0.4, 0.5) is 0 Å². The topological polar surface area (TPSA) is 46.2 Å². The third-order valence-electron chi connectivity index (χ3n) is 4.77. The van der Waals surface area contributed by atoms with Crippen molar-refractivity contribution < 1.29 is 5.11 Å². The van der Waals surface area contributed by atoms with Crippen LogP contribution in [0.5, 0.6) is 0 Å². The first-order valence-corrected chi connectivity index (χ1v) is 9.11. The Labute approximate surface area is 137 Å². The minimum Gasteiger partial charge on any atom is -0.394 e. The summed E-state index contributed by atoms with van der Waals surface area (Å²) in [5.41, 5.74) is 8.48. The molecule has 0 saturated carbocycles. The van der Waals surface area contributed by atoms with Crippen molar-refractivity contribution >= 4 is 0 Å². The SMILES string of the molecule is CCCCCCCCc1ccc(CCC(N)(CC)CO)cc1. The number of aliphatic hydroxyl groups excluding tert-OH is 1. The molecule has 22 heavy (non-hydrogen) atoms. The van der Waals surface area contributed by atoms with Crippen LogP contribution in [0.3, 0.4) is 0 Å². The lowest BCUT2D eigenvalue weighted by atomic mass is 9.90. The average molecular weight is 306 g/mol. The van der Waals surface area contributed by atoms with E-state index in [1.807, 2.05) is 6.92 Å². The molecule has 1 aromatic carbocycles. The highest BCUT2D eigenvalue weighted by molar-refractivity contribution is 5.23. The summed E-state index contributed by atoms with van der Waals surface area (Å²) in [6.45, 7) is 4.37. The number of rotatable bonds is 12. The van der Waals surface area contributed by atoms with Crippen molar-refractivity contribution in [2.24, 2.45) is 5.73 Å². The van der Waals surface area contributed by atoms with E-state index in [1.165, 1.54) is 56.1 Å². The molecule has 0 spiro atoms. The number of unbranched alkanes of at least 4 members (excludes halogenated alkanes) is 5. The highest BCUT2D eigenvalue weighted by Gasteiger charge is 2.20. The van der Waals surface area contributed by atoms with Crippen LogP contribution in [-0.2, 0) is 12.8 Å². The van der Waals surface area contributed by atoms with Gasteiger partial charge < -0.3 is 10.8 Å². The molecule has 1 aromatic rings. The lowest BCUT2D eigenvalue weighted by Gasteiger charge is -2.25. The van der Waals surface area contributed by atoms with Crippen LogP contribution < -0.4 is 5.73 Å². The first-order valence-electron chi connectivity index (χ1n) is 9.11. The second-order valence-corrected chi connectivity index (χ2v) is 6.71. The van der Waals surface area contributed by atoms with Gasteiger partial charge in [0.25, 0.3) is 0 Å². The van der Waals surface area contributed by atoms with Gasteiger partial charge in [0.2, 0.25) is 0 Å². The monoisotopic (exact) mass is 305 g/mol. The summed E-state index contributed by atoms with van der Waals surface area (Å²) in [6, 6.07) is 8.95. The molecule has 2 heteroatoms. The predicted molar refractivity (Wildman–Crippen MR) is 96.1 cm³/mol. The number of aryl methyl sites for hydroxylation is 2. The first kappa shape index (κ1) is 19.2. The summed E-state index contributed by atoms with van der Waals surface area (Å²) in [5, 5.41) is 9.36. The molecule has 2 nitrogen and oxygen atoms in total. The lowest BCUT2D eigenvalue weighted by molar-refractivity contribution is 0.183. The molecular formula is C20H35NO. The summed E-state index contributed by atoms with van der Waals surface area (Å²) < 4.78 is 0. The van der Waals surface area contributed by atoms with E-state index in [1.54, 1.807) is 0 Å². The Morgan fingerprint density at radius 1 is 0.864 bits per heavy atom. The fourth-order valence-electron chi connectivity index (χ4n) is 2.74. The number of benzene rings is 1. The van der Waals surface area contributed by atoms with E-state index >= 15 is 0 Å². The molecule has 1 rings (SSSR count). The van der Waals surface area contributed by atoms with Crippen molar-refractivity contribution in [3.05, 3.63) is 35.4 Å². The summed E-state index contributed by atoms with van der Waals surface area (Å²) in [4.78, 5) is 0. The van der Waals surface area contributed by atoms with Crippen molar-refractivity contribution in [2.45, 2.75) is 83.6 Å². The molecule has 0 radical (unpaired) electrons. The van der Waals surface area contributed by atoms with Gasteiger partial charge in [0.15, 0.2) is 0 Å². The van der Waals surface area contributed by atoms with Crippen LogP contribution in [0.1, 0.15) is 76.3 Å². The smallest absolute Gasteiger partial charge is 0.0611 e. The van der Waals surface area contributed by atoms with E-state index in [0.29, 0.717) is 0 Å². The fourth-order valence-corrected chi connectivity index (χ4v) is 2.74. The number of hydrogen-bond donors (Lipinski definition) is 2. The molecular weight excluding hydrogens is 270 g/mol. The number of hydrogen-bond acceptors (Lipinski definition) is 2. The molecule has 1 atom stereocenters. The molecule has 1 unspecified atom stereocenters. The van der Waals surface area contributed by atoms with Gasteiger partial charge in [-0.2, -0.15) is 0 Å². The van der Waals surface area contributed by atoms with Crippen molar-refractivity contribution in [2.75, 3.05) is 6.61 Å². The van der Waals surface area contributed by atoms with Crippen LogP contribution in [0.15, 0.2) is 24.3 Å². The van der Waals surface area contributed by atoms with Crippen LogP contribution in [0, 0.1) is 0 Å². The Hall–Kier alpha value is -0.860. The number of aliphatic hydroxyl groups is 1. The summed E-state index contributed by atoms with van der Waals surface area (Å²) in [5.74, 6) is 0. The Bertz CT molecular complexity index is 381. The van der Waals surface area contributed by atoms with Crippen LogP contribution in [0.25, 0.3) is 0 Å². The molecule has 3 N–H and O–H groups in total. The number of nitrogens with two attached hydrogens (primary N) is 1. The zero-order chi connectivity index (χ0) is 16.3. The molecule has 0 heterocycles. The van der Waals surface area contributed by atoms with Gasteiger partial charge >= 0.3 is 0 Å². The molecule has 0 aliphatic rings. The first-order chi connectivity index (χ1) is 10.6. The minimum atomic E-state index is -0.419. The van der Waals surface area contributed by atoms with Gasteiger partial charge in [-0.1, -0.05) is 70.2 Å². The van der Waals surface area contributed by atoms with Crippen molar-refractivity contribution in [3.63, 3.8) is 0 Å². The molecule has 0 amide bonds. The highest BCUT2D eigenvalue weighted by Crippen LogP contribution is 2.16. The van der Waals surface area contributed by atoms with Gasteiger partial charge in [0.1, 0.15) is 0 Å². The Kier molecular flexibility index (Phi) is 9.42. The third-order valence-corrected chi connectivity index (χ3v) is 4.77. The van der Waals surface area contributed by atoms with Gasteiger partial charge in [-0.05, 0) is 43.2 Å². The molecule has 0 bridgehead atoms. The summed E-state index contributed by atoms with van der Waals surface area (Å²) in [6.07, 6.45) is 11.9. The zero-order valence-corrected chi connectivity index (χ0v) is 14.6. The molecule has 0 fully saturated rings. The second kappa shape index (κ2) is 10.8. The van der Waals surface area contributed by atoms with Gasteiger partial charge in [0, 0.05) is 5.54 Å². The van der Waals surface area contributed by atoms with Crippen LogP contribution >= 0.6 is 0 Å². The Balaban J connectivity index is 2.28. The molecule has 0 aliphatic heterocycles. The quantitative estimate of drug-likeness (QED) is 0.553. The average Bonchev–Trinajstić information content (AvgIpc) is 2.57. The normalized spacial score (nSPS) is 14.0. The second-order valence-electron chi connectivity index (χ2n) is 6.71. The zero-order valence-electron chi connectivity index (χ0n) is 14.6. The highest BCUT2D eigenvalue weighted by atomic mass is 16.3. The lowest BCUT2D eigenvalue weighted by Crippen LogP contribution is -2.43. The van der Waals surface area contributed by atoms with E-state index in [9.17, 15) is 5.11 Å². The standard InChI is InChI=1S/C20H35NO/c1-3-5-6-7-8-9-10-18-11-13-19(14-12-18)15-16-20(21,4-2)17-22/h11-14,22H,3-10,15-17,21H2,1-2H3.